The van der Waals surface area contributed by atoms with Crippen LogP contribution in [0.1, 0.15) is 11.3 Å². The number of pyridine rings is 1. The predicted octanol–water partition coefficient (Wildman–Crippen LogP) is 2.38. The van der Waals surface area contributed by atoms with E-state index in [9.17, 15) is 8.42 Å². The fourth-order valence-corrected chi connectivity index (χ4v) is 1.80. The maximum atomic E-state index is 10.3. The zero-order chi connectivity index (χ0) is 16.3. The van der Waals surface area contributed by atoms with Crippen LogP contribution in [0, 0.1) is 6.07 Å². The van der Waals surface area contributed by atoms with Crippen molar-refractivity contribution in [2.45, 2.75) is 6.42 Å². The molecule has 0 amide bonds. The van der Waals surface area contributed by atoms with E-state index in [2.05, 4.69) is 17.1 Å². The second-order valence-electron chi connectivity index (χ2n) is 3.99. The Morgan fingerprint density at radius 1 is 1.13 bits per heavy atom. The number of benzene rings is 1. The Morgan fingerprint density at radius 2 is 1.83 bits per heavy atom. The molecular weight excluding hydrogens is 495 g/mol. The van der Waals surface area contributed by atoms with Crippen LogP contribution in [0.25, 0.3) is 10.8 Å². The minimum atomic E-state index is -3.65. The van der Waals surface area contributed by atoms with E-state index in [0.29, 0.717) is 10.8 Å². The molecule has 0 fully saturated rings. The molecule has 1 heterocycles. The molecule has 0 radical (unpaired) electrons. The summed E-state index contributed by atoms with van der Waals surface area (Å²) in [4.78, 5) is 4.26. The Labute approximate surface area is 151 Å². The zero-order valence-electron chi connectivity index (χ0n) is 11.8. The molecule has 0 atom stereocenters. The average molecular weight is 507 g/mol. The summed E-state index contributed by atoms with van der Waals surface area (Å²) < 4.78 is 20.5. The van der Waals surface area contributed by atoms with Crippen molar-refractivity contribution in [3.63, 3.8) is 0 Å². The smallest absolute Gasteiger partial charge is 0.763 e. The van der Waals surface area contributed by atoms with E-state index >= 15 is 0 Å². The molecule has 0 N–H and O–H groups in total. The van der Waals surface area contributed by atoms with Gasteiger partial charge in [0.05, 0.1) is 10.8 Å². The third-order valence-corrected chi connectivity index (χ3v) is 3.18. The van der Waals surface area contributed by atoms with Crippen molar-refractivity contribution >= 4 is 21.6 Å². The number of hydrogen-bond acceptors (Lipinski definition) is 3. The van der Waals surface area contributed by atoms with Crippen LogP contribution in [0.2, 0.25) is 0 Å². The van der Waals surface area contributed by atoms with Crippen LogP contribution in [0.15, 0.2) is 59.5 Å². The monoisotopic (exact) mass is 507 g/mol. The molecule has 0 aliphatic carbocycles. The first-order valence-corrected chi connectivity index (χ1v) is 7.74. The van der Waals surface area contributed by atoms with Crippen molar-refractivity contribution in [1.29, 1.82) is 0 Å². The van der Waals surface area contributed by atoms with E-state index in [1.165, 1.54) is 17.3 Å². The van der Waals surface area contributed by atoms with Gasteiger partial charge in [0.15, 0.2) is 0 Å². The van der Waals surface area contributed by atoms with Gasteiger partial charge in [0.2, 0.25) is 9.84 Å². The first-order chi connectivity index (χ1) is 10.6. The van der Waals surface area contributed by atoms with Gasteiger partial charge < -0.3 is 10.8 Å². The second-order valence-corrected chi connectivity index (χ2v) is 5.64. The Kier molecular flexibility index (Phi) is 10.5. The summed E-state index contributed by atoms with van der Waals surface area (Å²) in [5.41, 5.74) is 2.35. The average Bonchev–Trinajstić information content (AvgIpc) is 2.50. The fourth-order valence-electron chi connectivity index (χ4n) is 1.43. The molecule has 1 aromatic carbocycles. The number of nitrogens with zero attached hydrogens (tertiary/aromatic N) is 3. The molecule has 0 aliphatic heterocycles. The van der Waals surface area contributed by atoms with Crippen LogP contribution in [0.4, 0.5) is 0 Å². The summed E-state index contributed by atoms with van der Waals surface area (Å²) in [6.45, 7) is 0. The molecule has 0 unspecified atom stereocenters. The van der Waals surface area contributed by atoms with E-state index in [1.54, 1.807) is 0 Å². The SMILES string of the molecule is [Au+3].[N-]=C=CS(=O)(=O)C=C=[N-].[c-]1cccc(Cc2ccccn2)c1. The summed E-state index contributed by atoms with van der Waals surface area (Å²) in [7, 11) is -3.65. The van der Waals surface area contributed by atoms with E-state index < -0.39 is 9.84 Å². The van der Waals surface area contributed by atoms with Crippen LogP contribution >= 0.6 is 0 Å². The molecule has 0 aliphatic rings. The minimum Gasteiger partial charge on any atom is -0.763 e. The number of hydrogen-bond donors (Lipinski definition) is 0. The van der Waals surface area contributed by atoms with Crippen molar-refractivity contribution in [2.24, 2.45) is 0 Å². The van der Waals surface area contributed by atoms with Gasteiger partial charge in [0, 0.05) is 11.9 Å². The van der Waals surface area contributed by atoms with Crippen molar-refractivity contribution in [3.8, 4) is 0 Å². The molecule has 1 aromatic heterocycles. The van der Waals surface area contributed by atoms with Gasteiger partial charge in [-0.2, -0.15) is 35.9 Å². The molecule has 7 heteroatoms. The van der Waals surface area contributed by atoms with Gasteiger partial charge >= 0.3 is 22.4 Å². The van der Waals surface area contributed by atoms with Gasteiger partial charge in [-0.15, -0.1) is 0 Å². The van der Waals surface area contributed by atoms with Crippen LogP contribution in [-0.4, -0.2) is 25.1 Å². The van der Waals surface area contributed by atoms with Crippen LogP contribution in [-0.2, 0) is 38.6 Å². The molecular formula is C16H12AuN3O2S. The second kappa shape index (κ2) is 11.5. The topological polar surface area (TPSA) is 91.6 Å². The standard InChI is InChI=1S/C12H10N.C4H2N2O2S.Au/c1-2-6-11(7-3-1)10-12-8-4-5-9-13-12;5-1-3-9(7,8)4-2-6;/h1-2,4-9H,10H2;3-4H;/q-1;-2;+3. The first kappa shape index (κ1) is 21.0. The Morgan fingerprint density at radius 3 is 2.30 bits per heavy atom. The molecule has 0 spiro atoms. The van der Waals surface area contributed by atoms with Crippen molar-refractivity contribution in [3.05, 3.63) is 87.6 Å². The van der Waals surface area contributed by atoms with E-state index in [1.807, 2.05) is 42.6 Å². The molecule has 0 bridgehead atoms. The number of sulfone groups is 1. The Bertz CT molecular complexity index is 719. The largest absolute Gasteiger partial charge is 3.00 e. The zero-order valence-corrected chi connectivity index (χ0v) is 14.8. The van der Waals surface area contributed by atoms with Gasteiger partial charge in [-0.25, -0.2) is 8.42 Å². The van der Waals surface area contributed by atoms with Crippen LogP contribution in [0.3, 0.4) is 0 Å². The molecule has 120 valence electrons. The van der Waals surface area contributed by atoms with Gasteiger partial charge in [-0.3, -0.25) is 16.7 Å². The van der Waals surface area contributed by atoms with Crippen LogP contribution in [0.5, 0.6) is 0 Å². The Hall–Kier alpha value is -2.04. The molecule has 2 rings (SSSR count). The van der Waals surface area contributed by atoms with Gasteiger partial charge in [0.25, 0.3) is 0 Å². The molecule has 0 saturated heterocycles. The molecule has 0 saturated carbocycles. The third kappa shape index (κ3) is 9.55. The summed E-state index contributed by atoms with van der Waals surface area (Å²) >= 11 is 0. The van der Waals surface area contributed by atoms with Crippen molar-refractivity contribution in [2.75, 3.05) is 0 Å². The summed E-state index contributed by atoms with van der Waals surface area (Å²) in [5, 5.41) is 16.4. The van der Waals surface area contributed by atoms with Gasteiger partial charge in [0.1, 0.15) is 0 Å². The summed E-state index contributed by atoms with van der Waals surface area (Å²) in [6.07, 6.45) is 2.71. The van der Waals surface area contributed by atoms with Gasteiger partial charge in [-0.05, 0) is 18.6 Å². The minimum absolute atomic E-state index is 0. The molecule has 2 aromatic rings. The van der Waals surface area contributed by atoms with Crippen molar-refractivity contribution in [1.82, 2.24) is 4.98 Å². The quantitative estimate of drug-likeness (QED) is 0.362. The number of rotatable bonds is 4. The van der Waals surface area contributed by atoms with E-state index in [0.717, 1.165) is 12.1 Å². The number of aromatic nitrogens is 1. The van der Waals surface area contributed by atoms with Crippen molar-refractivity contribution < 1.29 is 30.8 Å². The van der Waals surface area contributed by atoms with Gasteiger partial charge in [-0.1, -0.05) is 6.07 Å². The van der Waals surface area contributed by atoms with E-state index in [4.69, 9.17) is 10.8 Å². The molecule has 5 nitrogen and oxygen atoms in total. The summed E-state index contributed by atoms with van der Waals surface area (Å²) in [5.74, 6) is 2.59. The fraction of sp³-hybridized carbons (Fsp3) is 0.0625. The Balaban J connectivity index is 0.000000434. The molecule has 23 heavy (non-hydrogen) atoms. The third-order valence-electron chi connectivity index (χ3n) is 2.32. The summed E-state index contributed by atoms with van der Waals surface area (Å²) in [6, 6.07) is 17.0. The predicted molar refractivity (Wildman–Crippen MR) is 87.1 cm³/mol. The maximum absolute atomic E-state index is 10.3. The first-order valence-electron chi connectivity index (χ1n) is 6.13. The normalized spacial score (nSPS) is 9.04. The van der Waals surface area contributed by atoms with Crippen LogP contribution < -0.4 is 0 Å². The maximum Gasteiger partial charge on any atom is 3.00 e. The van der Waals surface area contributed by atoms with E-state index in [-0.39, 0.29) is 22.4 Å².